The van der Waals surface area contributed by atoms with Crippen LogP contribution in [0.5, 0.6) is 5.75 Å². The monoisotopic (exact) mass is 866 g/mol. The zero-order chi connectivity index (χ0) is 42.7. The minimum absolute atomic E-state index is 0.0433. The Morgan fingerprint density at radius 2 is 1.79 bits per heavy atom. The molecule has 0 radical (unpaired) electrons. The van der Waals surface area contributed by atoms with Crippen LogP contribution in [0.4, 0.5) is 17.1 Å². The summed E-state index contributed by atoms with van der Waals surface area (Å²) in [6.45, 7) is 9.89. The first kappa shape index (κ1) is 42.2. The summed E-state index contributed by atoms with van der Waals surface area (Å²) in [7, 11) is -4.55. The van der Waals surface area contributed by atoms with Crippen LogP contribution in [0.15, 0.2) is 102 Å². The Labute approximate surface area is 361 Å². The minimum Gasteiger partial charge on any atom is -0.379 e. The lowest BCUT2D eigenvalue weighted by Crippen LogP contribution is -2.47. The lowest BCUT2D eigenvalue weighted by atomic mass is 9.72. The molecular formula is C45H51ClN8O6S. The number of nitro benzene ring substituents is 1. The van der Waals surface area contributed by atoms with E-state index in [0.717, 1.165) is 100.0 Å². The van der Waals surface area contributed by atoms with Crippen molar-refractivity contribution in [2.24, 2.45) is 5.41 Å². The fourth-order valence-corrected chi connectivity index (χ4v) is 9.22. The number of hydrogen-bond donors (Lipinski definition) is 3. The van der Waals surface area contributed by atoms with Gasteiger partial charge in [0.15, 0.2) is 11.4 Å². The summed E-state index contributed by atoms with van der Waals surface area (Å²) >= 11 is 6.24. The Kier molecular flexibility index (Phi) is 12.4. The number of carbonyl (C=O) groups excluding carboxylic acids is 1. The van der Waals surface area contributed by atoms with Crippen molar-refractivity contribution in [3.63, 3.8) is 0 Å². The molecule has 320 valence electrons. The average Bonchev–Trinajstić information content (AvgIpc) is 3.99. The van der Waals surface area contributed by atoms with Crippen LogP contribution < -0.4 is 25.1 Å². The predicted octanol–water partition coefficient (Wildman–Crippen LogP) is 7.90. The van der Waals surface area contributed by atoms with Gasteiger partial charge in [0, 0.05) is 85.9 Å². The van der Waals surface area contributed by atoms with Gasteiger partial charge in [0.25, 0.3) is 21.6 Å². The van der Waals surface area contributed by atoms with Crippen LogP contribution in [0.2, 0.25) is 5.02 Å². The number of allylic oxidation sites excluding steroid dienone is 1. The molecule has 14 nitrogen and oxygen atoms in total. The number of nitro groups is 1. The third-order valence-electron chi connectivity index (χ3n) is 11.7. The molecule has 3 aromatic carbocycles. The fraction of sp³-hybridized carbons (Fsp3) is 0.378. The molecule has 1 amide bonds. The second-order valence-corrected chi connectivity index (χ2v) is 19.0. The van der Waals surface area contributed by atoms with Gasteiger partial charge in [-0.25, -0.2) is 18.1 Å². The number of amides is 1. The normalized spacial score (nSPS) is 17.1. The largest absolute Gasteiger partial charge is 0.379 e. The third kappa shape index (κ3) is 10.2. The third-order valence-corrected chi connectivity index (χ3v) is 13.3. The fourth-order valence-electron chi connectivity index (χ4n) is 8.11. The second-order valence-electron chi connectivity index (χ2n) is 16.9. The van der Waals surface area contributed by atoms with Crippen LogP contribution in [0.1, 0.15) is 68.3 Å². The van der Waals surface area contributed by atoms with Gasteiger partial charge in [-0.3, -0.25) is 19.8 Å². The summed E-state index contributed by atoms with van der Waals surface area (Å²) in [6.07, 6.45) is 9.58. The Morgan fingerprint density at radius 1 is 1.00 bits per heavy atom. The van der Waals surface area contributed by atoms with Crippen molar-refractivity contribution in [1.82, 2.24) is 24.7 Å². The molecule has 2 fully saturated rings. The van der Waals surface area contributed by atoms with Crippen LogP contribution in [-0.4, -0.2) is 85.7 Å². The highest BCUT2D eigenvalue weighted by atomic mass is 35.5. The van der Waals surface area contributed by atoms with Gasteiger partial charge in [0.2, 0.25) is 0 Å². The second kappa shape index (κ2) is 17.9. The molecule has 0 bridgehead atoms. The van der Waals surface area contributed by atoms with Crippen molar-refractivity contribution in [1.29, 1.82) is 0 Å². The Balaban J connectivity index is 0.994. The van der Waals surface area contributed by atoms with Crippen molar-refractivity contribution in [2.45, 2.75) is 63.3 Å². The maximum atomic E-state index is 13.9. The first-order valence-electron chi connectivity index (χ1n) is 20.8. The maximum Gasteiger partial charge on any atom is 0.293 e. The van der Waals surface area contributed by atoms with Gasteiger partial charge in [-0.05, 0) is 116 Å². The van der Waals surface area contributed by atoms with Crippen molar-refractivity contribution < 1.29 is 23.0 Å². The van der Waals surface area contributed by atoms with E-state index < -0.39 is 31.4 Å². The standard InChI is InChI=1S/C45H51ClN8O6S/c1-45(2)18-16-33(39(29-45)31-6-8-34(46)9-7-31)30-51-23-25-52(26-24-51)36-12-14-38(42(27-36)60-53-22-17-32-5-3-19-49-43(32)53)44(55)50-61(58,59)37-13-15-40(41(28-37)54(56)57)48-21-4-20-47-35-10-11-35/h3,5-9,12-15,17,19,22,27-28,35,47-48H,4,10-11,16,18,20-21,23-26,29-30H2,1-2H3,(H,50,55). The molecule has 61 heavy (non-hydrogen) atoms. The molecule has 16 heteroatoms. The highest BCUT2D eigenvalue weighted by Gasteiger charge is 2.31. The molecule has 0 unspecified atom stereocenters. The number of halogens is 1. The highest BCUT2D eigenvalue weighted by Crippen LogP contribution is 2.43. The highest BCUT2D eigenvalue weighted by molar-refractivity contribution is 7.90. The number of pyridine rings is 1. The molecule has 3 N–H and O–H groups in total. The van der Waals surface area contributed by atoms with Crippen LogP contribution in [0.3, 0.4) is 0 Å². The van der Waals surface area contributed by atoms with E-state index in [9.17, 15) is 23.3 Å². The van der Waals surface area contributed by atoms with E-state index in [1.54, 1.807) is 36.7 Å². The molecule has 3 aliphatic rings. The van der Waals surface area contributed by atoms with E-state index in [0.29, 0.717) is 18.2 Å². The number of hydrogen-bond acceptors (Lipinski definition) is 11. The number of anilines is 2. The Morgan fingerprint density at radius 3 is 2.54 bits per heavy atom. The van der Waals surface area contributed by atoms with Gasteiger partial charge in [0.1, 0.15) is 5.69 Å². The smallest absolute Gasteiger partial charge is 0.293 e. The zero-order valence-electron chi connectivity index (χ0n) is 34.4. The Hall–Kier alpha value is -5.48. The van der Waals surface area contributed by atoms with Gasteiger partial charge in [0.05, 0.1) is 15.4 Å². The van der Waals surface area contributed by atoms with Gasteiger partial charge in [-0.2, -0.15) is 4.73 Å². The number of carbonyl (C=O) groups is 1. The number of benzene rings is 3. The molecule has 0 atom stereocenters. The molecule has 5 aromatic rings. The maximum absolute atomic E-state index is 13.9. The number of aromatic nitrogens is 2. The first-order valence-corrected chi connectivity index (χ1v) is 22.7. The molecule has 1 saturated carbocycles. The van der Waals surface area contributed by atoms with E-state index in [1.807, 2.05) is 24.3 Å². The minimum atomic E-state index is -4.55. The summed E-state index contributed by atoms with van der Waals surface area (Å²) in [5.74, 6) is -0.843. The van der Waals surface area contributed by atoms with Crippen molar-refractivity contribution >= 4 is 61.2 Å². The van der Waals surface area contributed by atoms with Gasteiger partial charge in [-0.1, -0.05) is 43.2 Å². The van der Waals surface area contributed by atoms with E-state index in [4.69, 9.17) is 16.4 Å². The summed E-state index contributed by atoms with van der Waals surface area (Å²) in [5.41, 5.74) is 5.40. The Bertz CT molecular complexity index is 2570. The number of piperazine rings is 1. The van der Waals surface area contributed by atoms with Crippen molar-refractivity contribution in [3.05, 3.63) is 123 Å². The molecule has 2 aromatic heterocycles. The number of nitrogens with one attached hydrogen (secondary N) is 3. The van der Waals surface area contributed by atoms with Crippen molar-refractivity contribution in [3.8, 4) is 5.75 Å². The van der Waals surface area contributed by atoms with Crippen LogP contribution in [0, 0.1) is 15.5 Å². The average molecular weight is 867 g/mol. The van der Waals surface area contributed by atoms with Gasteiger partial charge in [-0.15, -0.1) is 0 Å². The van der Waals surface area contributed by atoms with Crippen LogP contribution in [0.25, 0.3) is 16.6 Å². The summed E-state index contributed by atoms with van der Waals surface area (Å²) in [5, 5.41) is 20.0. The topological polar surface area (TPSA) is 164 Å². The summed E-state index contributed by atoms with van der Waals surface area (Å²) in [4.78, 5) is 40.3. The predicted molar refractivity (Wildman–Crippen MR) is 239 cm³/mol. The molecule has 1 saturated heterocycles. The lowest BCUT2D eigenvalue weighted by Gasteiger charge is -2.39. The zero-order valence-corrected chi connectivity index (χ0v) is 36.0. The number of nitrogens with zero attached hydrogens (tertiary/aromatic N) is 5. The first-order chi connectivity index (χ1) is 29.3. The molecular weight excluding hydrogens is 816 g/mol. The van der Waals surface area contributed by atoms with Crippen LogP contribution in [-0.2, 0) is 10.0 Å². The van der Waals surface area contributed by atoms with E-state index >= 15 is 0 Å². The molecule has 3 heterocycles. The number of sulfonamides is 1. The van der Waals surface area contributed by atoms with Crippen molar-refractivity contribution in [2.75, 3.05) is 56.0 Å². The van der Waals surface area contributed by atoms with E-state index in [-0.39, 0.29) is 22.4 Å². The summed E-state index contributed by atoms with van der Waals surface area (Å²) in [6, 6.07) is 22.9. The number of rotatable bonds is 16. The molecule has 0 spiro atoms. The van der Waals surface area contributed by atoms with Gasteiger partial charge < -0.3 is 20.4 Å². The lowest BCUT2D eigenvalue weighted by molar-refractivity contribution is -0.384. The van der Waals surface area contributed by atoms with E-state index in [1.165, 1.54) is 33.6 Å². The van der Waals surface area contributed by atoms with Gasteiger partial charge >= 0.3 is 0 Å². The van der Waals surface area contributed by atoms with Crippen LogP contribution >= 0.6 is 11.6 Å². The molecule has 2 aliphatic carbocycles. The molecule has 1 aliphatic heterocycles. The van der Waals surface area contributed by atoms with E-state index in [2.05, 4.69) is 56.1 Å². The number of fused-ring (bicyclic) bond motifs is 1. The SMILES string of the molecule is CC1(C)CCC(CN2CCN(c3ccc(C(=O)NS(=O)(=O)c4ccc(NCCCNC5CC5)c([N+](=O)[O-])c4)c(On4ccc5cccnc54)c3)CC2)=C(c2ccc(Cl)cc2)C1. The molecule has 8 rings (SSSR count). The summed E-state index contributed by atoms with van der Waals surface area (Å²) < 4.78 is 30.9. The quantitative estimate of drug-likeness (QED) is 0.0502.